The maximum absolute atomic E-state index is 13.3. The van der Waals surface area contributed by atoms with Gasteiger partial charge in [0.05, 0.1) is 40.1 Å². The van der Waals surface area contributed by atoms with Crippen LogP contribution in [0.4, 0.5) is 13.2 Å². The third-order valence-electron chi connectivity index (χ3n) is 5.27. The van der Waals surface area contributed by atoms with Crippen LogP contribution in [0.3, 0.4) is 0 Å². The van der Waals surface area contributed by atoms with Crippen LogP contribution in [-0.4, -0.2) is 31.9 Å². The summed E-state index contributed by atoms with van der Waals surface area (Å²) in [5.41, 5.74) is -0.391. The number of hydrogen-bond acceptors (Lipinski definition) is 6. The Bertz CT molecular complexity index is 1100. The van der Waals surface area contributed by atoms with Gasteiger partial charge in [0.1, 0.15) is 0 Å². The summed E-state index contributed by atoms with van der Waals surface area (Å²) >= 11 is 0. The lowest BCUT2D eigenvalue weighted by atomic mass is 9.91. The number of rotatable bonds is 4. The lowest BCUT2D eigenvalue weighted by Gasteiger charge is -2.38. The molecule has 2 atom stereocenters. The lowest BCUT2D eigenvalue weighted by molar-refractivity contribution is -0.137. The summed E-state index contributed by atoms with van der Waals surface area (Å²) in [6.07, 6.45) is -3.94. The van der Waals surface area contributed by atoms with E-state index in [9.17, 15) is 26.9 Å². The Morgan fingerprint density at radius 1 is 1.33 bits per heavy atom. The van der Waals surface area contributed by atoms with Crippen molar-refractivity contribution in [3.8, 4) is 11.9 Å². The predicted molar refractivity (Wildman–Crippen MR) is 100 cm³/mol. The van der Waals surface area contributed by atoms with Gasteiger partial charge in [0.15, 0.2) is 9.84 Å². The molecule has 1 aromatic heterocycles. The number of hydrogen-bond donors (Lipinski definition) is 0. The molecule has 1 aliphatic heterocycles. The highest BCUT2D eigenvalue weighted by molar-refractivity contribution is 7.92. The monoisotopic (exact) mass is 440 g/mol. The Morgan fingerprint density at radius 2 is 2.07 bits per heavy atom. The van der Waals surface area contributed by atoms with Gasteiger partial charge in [-0.2, -0.15) is 18.4 Å². The first-order valence-electron chi connectivity index (χ1n) is 8.99. The molecule has 1 aliphatic rings. The van der Waals surface area contributed by atoms with E-state index >= 15 is 0 Å². The molecular formula is C20H19F3N2O4S. The van der Waals surface area contributed by atoms with Crippen molar-refractivity contribution in [3.05, 3.63) is 53.2 Å². The summed E-state index contributed by atoms with van der Waals surface area (Å²) in [6, 6.07) is 7.16. The summed E-state index contributed by atoms with van der Waals surface area (Å²) in [7, 11) is -2.72. The summed E-state index contributed by atoms with van der Waals surface area (Å²) in [5, 5.41) is 9.43. The van der Waals surface area contributed by atoms with Gasteiger partial charge in [-0.3, -0.25) is 0 Å². The number of sulfone groups is 1. The van der Waals surface area contributed by atoms with Crippen molar-refractivity contribution in [3.63, 3.8) is 0 Å². The Morgan fingerprint density at radius 3 is 2.70 bits per heavy atom. The van der Waals surface area contributed by atoms with E-state index in [-0.39, 0.29) is 30.9 Å². The van der Waals surface area contributed by atoms with E-state index in [1.165, 1.54) is 26.3 Å². The van der Waals surface area contributed by atoms with E-state index < -0.39 is 37.3 Å². The second-order valence-electron chi connectivity index (χ2n) is 7.22. The van der Waals surface area contributed by atoms with Gasteiger partial charge < -0.3 is 9.47 Å². The van der Waals surface area contributed by atoms with E-state index in [1.54, 1.807) is 0 Å². The minimum absolute atomic E-state index is 0.0335. The topological polar surface area (TPSA) is 89.3 Å². The normalized spacial score (nSPS) is 22.3. The molecule has 160 valence electrons. The zero-order chi connectivity index (χ0) is 22.2. The highest BCUT2D eigenvalue weighted by Gasteiger charge is 2.46. The first-order chi connectivity index (χ1) is 14.0. The molecular weight excluding hydrogens is 421 g/mol. The van der Waals surface area contributed by atoms with Crippen LogP contribution in [0.25, 0.3) is 0 Å². The zero-order valence-electron chi connectivity index (χ0n) is 16.2. The molecule has 0 radical (unpaired) electrons. The van der Waals surface area contributed by atoms with Crippen LogP contribution in [-0.2, 0) is 20.8 Å². The predicted octanol–water partition coefficient (Wildman–Crippen LogP) is 4.06. The molecule has 3 rings (SSSR count). The van der Waals surface area contributed by atoms with Gasteiger partial charge in [-0.15, -0.1) is 0 Å². The van der Waals surface area contributed by atoms with Gasteiger partial charge in [-0.1, -0.05) is 6.07 Å². The Kier molecular flexibility index (Phi) is 5.80. The number of nitrogens with zero attached hydrogens (tertiary/aromatic N) is 2. The Balaban J connectivity index is 1.98. The second kappa shape index (κ2) is 7.89. The largest absolute Gasteiger partial charge is 0.481 e. The minimum atomic E-state index is -4.65. The molecule has 2 heterocycles. The fourth-order valence-electron chi connectivity index (χ4n) is 3.45. The van der Waals surface area contributed by atoms with E-state index in [4.69, 9.17) is 9.47 Å². The number of halogens is 3. The van der Waals surface area contributed by atoms with Gasteiger partial charge in [-0.25, -0.2) is 13.4 Å². The fraction of sp³-hybridized carbons (Fsp3) is 0.400. The molecule has 0 saturated carbocycles. The molecule has 1 saturated heterocycles. The van der Waals surface area contributed by atoms with E-state index in [2.05, 4.69) is 4.98 Å². The van der Waals surface area contributed by atoms with Crippen LogP contribution in [0.1, 0.15) is 42.6 Å². The quantitative estimate of drug-likeness (QED) is 0.712. The maximum atomic E-state index is 13.3. The first kappa shape index (κ1) is 22.1. The van der Waals surface area contributed by atoms with Gasteiger partial charge in [-0.05, 0) is 38.0 Å². The third-order valence-corrected chi connectivity index (χ3v) is 7.82. The maximum Gasteiger partial charge on any atom is 0.416 e. The molecule has 1 fully saturated rings. The zero-order valence-corrected chi connectivity index (χ0v) is 17.0. The third kappa shape index (κ3) is 4.00. The number of benzene rings is 1. The highest BCUT2D eigenvalue weighted by Crippen LogP contribution is 2.43. The molecule has 0 spiro atoms. The second-order valence-corrected chi connectivity index (χ2v) is 9.68. The van der Waals surface area contributed by atoms with Crippen LogP contribution in [0.15, 0.2) is 41.4 Å². The molecule has 2 aromatic rings. The van der Waals surface area contributed by atoms with Crippen molar-refractivity contribution >= 4 is 9.84 Å². The molecule has 0 aliphatic carbocycles. The number of alkyl halides is 3. The Labute approximate surface area is 172 Å². The number of pyridine rings is 1. The molecule has 1 aromatic carbocycles. The lowest BCUT2D eigenvalue weighted by Crippen LogP contribution is -2.42. The number of ether oxygens (including phenoxy) is 2. The summed E-state index contributed by atoms with van der Waals surface area (Å²) < 4.78 is 75.1. The SMILES string of the molecule is COc1cc(C#N)c(C2CC(C)(S(=O)(=O)c3cccc(C(F)(F)F)c3)CCO2)cn1. The van der Waals surface area contributed by atoms with Crippen LogP contribution < -0.4 is 4.74 Å². The van der Waals surface area contributed by atoms with Crippen molar-refractivity contribution in [1.29, 1.82) is 5.26 Å². The molecule has 0 bridgehead atoms. The molecule has 30 heavy (non-hydrogen) atoms. The van der Waals surface area contributed by atoms with Crippen molar-refractivity contribution in [2.45, 2.75) is 41.7 Å². The summed E-state index contributed by atoms with van der Waals surface area (Å²) in [6.45, 7) is 1.55. The first-order valence-corrected chi connectivity index (χ1v) is 10.5. The fourth-order valence-corrected chi connectivity index (χ4v) is 5.28. The summed E-state index contributed by atoms with van der Waals surface area (Å²) in [5.74, 6) is 0.227. The minimum Gasteiger partial charge on any atom is -0.481 e. The van der Waals surface area contributed by atoms with Crippen LogP contribution in [0, 0.1) is 11.3 Å². The van der Waals surface area contributed by atoms with E-state index in [0.29, 0.717) is 11.6 Å². The number of aromatic nitrogens is 1. The van der Waals surface area contributed by atoms with Crippen LogP contribution >= 0.6 is 0 Å². The Hall–Kier alpha value is -2.64. The smallest absolute Gasteiger partial charge is 0.416 e. The molecule has 10 heteroatoms. The van der Waals surface area contributed by atoms with Crippen LogP contribution in [0.2, 0.25) is 0 Å². The van der Waals surface area contributed by atoms with Crippen molar-refractivity contribution in [2.24, 2.45) is 0 Å². The molecule has 2 unspecified atom stereocenters. The molecule has 0 N–H and O–H groups in total. The standard InChI is InChI=1S/C20H19F3N2O4S/c1-19(30(26,27)15-5-3-4-14(9-15)20(21,22)23)6-7-29-17(10-19)16-12-25-18(28-2)8-13(16)11-24/h3-5,8-9,12,17H,6-7,10H2,1-2H3. The highest BCUT2D eigenvalue weighted by atomic mass is 32.2. The van der Waals surface area contributed by atoms with Gasteiger partial charge in [0.25, 0.3) is 0 Å². The van der Waals surface area contributed by atoms with Gasteiger partial charge in [0.2, 0.25) is 5.88 Å². The van der Waals surface area contributed by atoms with Crippen molar-refractivity contribution in [1.82, 2.24) is 4.98 Å². The van der Waals surface area contributed by atoms with E-state index in [1.807, 2.05) is 6.07 Å². The number of methoxy groups -OCH3 is 1. The molecule has 6 nitrogen and oxygen atoms in total. The van der Waals surface area contributed by atoms with Crippen LogP contribution in [0.5, 0.6) is 5.88 Å². The van der Waals surface area contributed by atoms with Gasteiger partial charge >= 0.3 is 6.18 Å². The van der Waals surface area contributed by atoms with Crippen molar-refractivity contribution in [2.75, 3.05) is 13.7 Å². The average Bonchev–Trinajstić information content (AvgIpc) is 2.72. The van der Waals surface area contributed by atoms with E-state index in [0.717, 1.165) is 18.2 Å². The number of nitriles is 1. The molecule has 0 amide bonds. The van der Waals surface area contributed by atoms with Gasteiger partial charge in [0, 0.05) is 24.4 Å². The summed E-state index contributed by atoms with van der Waals surface area (Å²) in [4.78, 5) is 3.67. The van der Waals surface area contributed by atoms with Crippen molar-refractivity contribution < 1.29 is 31.1 Å². The average molecular weight is 440 g/mol.